The van der Waals surface area contributed by atoms with E-state index in [9.17, 15) is 4.79 Å². The van der Waals surface area contributed by atoms with Crippen molar-refractivity contribution >= 4 is 0 Å². The third-order valence-electron chi connectivity index (χ3n) is 4.20. The van der Waals surface area contributed by atoms with Crippen LogP contribution in [0.25, 0.3) is 22.4 Å². The van der Waals surface area contributed by atoms with E-state index in [-0.39, 0.29) is 5.56 Å². The molecule has 0 aliphatic rings. The van der Waals surface area contributed by atoms with Crippen LogP contribution in [-0.4, -0.2) is 14.8 Å². The maximum absolute atomic E-state index is 12.2. The maximum Gasteiger partial charge on any atom is 0.267 e. The number of benzene rings is 2. The number of rotatable bonds is 4. The Morgan fingerprint density at radius 1 is 0.852 bits per heavy atom. The van der Waals surface area contributed by atoms with E-state index in [1.807, 2.05) is 66.7 Å². The molecule has 4 aromatic rings. The average molecular weight is 355 g/mol. The Kier molecular flexibility index (Phi) is 4.49. The van der Waals surface area contributed by atoms with Crippen LogP contribution in [0.4, 0.5) is 0 Å². The van der Waals surface area contributed by atoms with Gasteiger partial charge < -0.3 is 4.74 Å². The minimum atomic E-state index is -0.174. The Morgan fingerprint density at radius 2 is 1.56 bits per heavy atom. The number of hydrogen-bond donors (Lipinski definition) is 0. The monoisotopic (exact) mass is 355 g/mol. The number of aromatic nitrogens is 3. The molecule has 0 N–H and O–H groups in total. The highest BCUT2D eigenvalue weighted by Gasteiger charge is 2.16. The summed E-state index contributed by atoms with van der Waals surface area (Å²) < 4.78 is 7.42. The van der Waals surface area contributed by atoms with Crippen molar-refractivity contribution < 1.29 is 4.74 Å². The molecule has 5 heteroatoms. The van der Waals surface area contributed by atoms with Gasteiger partial charge in [0.25, 0.3) is 5.56 Å². The summed E-state index contributed by atoms with van der Waals surface area (Å²) in [5.41, 5.74) is 2.93. The van der Waals surface area contributed by atoms with E-state index < -0.39 is 0 Å². The molecule has 27 heavy (non-hydrogen) atoms. The normalized spacial score (nSPS) is 10.6. The van der Waals surface area contributed by atoms with Crippen LogP contribution >= 0.6 is 0 Å². The minimum Gasteiger partial charge on any atom is -0.457 e. The lowest BCUT2D eigenvalue weighted by atomic mass is 10.0. The van der Waals surface area contributed by atoms with Crippen LogP contribution in [0.3, 0.4) is 0 Å². The summed E-state index contributed by atoms with van der Waals surface area (Å²) in [7, 11) is 1.64. The molecule has 0 radical (unpaired) electrons. The summed E-state index contributed by atoms with van der Waals surface area (Å²) in [6, 6.07) is 22.6. The summed E-state index contributed by atoms with van der Waals surface area (Å²) >= 11 is 0. The largest absolute Gasteiger partial charge is 0.457 e. The number of pyridine rings is 1. The molecule has 0 spiro atoms. The van der Waals surface area contributed by atoms with E-state index in [4.69, 9.17) is 4.74 Å². The second-order valence-corrected chi connectivity index (χ2v) is 6.02. The van der Waals surface area contributed by atoms with Crippen molar-refractivity contribution in [1.82, 2.24) is 14.8 Å². The molecule has 2 aromatic carbocycles. The number of aryl methyl sites for hydroxylation is 1. The van der Waals surface area contributed by atoms with Gasteiger partial charge in [0.2, 0.25) is 0 Å². The Labute approximate surface area is 156 Å². The molecule has 4 rings (SSSR count). The molecule has 2 heterocycles. The molecule has 0 amide bonds. The molecule has 0 fully saturated rings. The van der Waals surface area contributed by atoms with Crippen molar-refractivity contribution in [3.63, 3.8) is 0 Å². The highest BCUT2D eigenvalue weighted by molar-refractivity contribution is 5.83. The van der Waals surface area contributed by atoms with Gasteiger partial charge in [-0.3, -0.25) is 9.78 Å². The first kappa shape index (κ1) is 16.7. The molecule has 0 atom stereocenters. The van der Waals surface area contributed by atoms with Gasteiger partial charge >= 0.3 is 0 Å². The Hall–Kier alpha value is -3.73. The number of para-hydroxylation sites is 2. The first-order valence-electron chi connectivity index (χ1n) is 8.53. The van der Waals surface area contributed by atoms with Crippen molar-refractivity contribution in [2.45, 2.75) is 0 Å². The predicted molar refractivity (Wildman–Crippen MR) is 105 cm³/mol. The van der Waals surface area contributed by atoms with Crippen LogP contribution in [-0.2, 0) is 7.05 Å². The van der Waals surface area contributed by atoms with E-state index in [0.717, 1.165) is 22.4 Å². The van der Waals surface area contributed by atoms with Gasteiger partial charge in [-0.1, -0.05) is 30.3 Å². The van der Waals surface area contributed by atoms with Gasteiger partial charge in [0.1, 0.15) is 17.2 Å². The van der Waals surface area contributed by atoms with Gasteiger partial charge in [-0.15, -0.1) is 0 Å². The lowest BCUT2D eigenvalue weighted by molar-refractivity contribution is 0.484. The fourth-order valence-electron chi connectivity index (χ4n) is 2.86. The molecule has 0 saturated heterocycles. The molecule has 0 saturated carbocycles. The predicted octanol–water partition coefficient (Wildman–Crippen LogP) is 4.30. The van der Waals surface area contributed by atoms with Crippen molar-refractivity contribution in [3.05, 3.63) is 95.5 Å². The quantitative estimate of drug-likeness (QED) is 0.548. The Morgan fingerprint density at radius 3 is 2.33 bits per heavy atom. The zero-order valence-corrected chi connectivity index (χ0v) is 14.7. The number of ether oxygens (including phenoxy) is 1. The molecule has 0 aliphatic heterocycles. The summed E-state index contributed by atoms with van der Waals surface area (Å²) in [6.07, 6.45) is 3.39. The van der Waals surface area contributed by atoms with Crippen LogP contribution in [0.1, 0.15) is 0 Å². The van der Waals surface area contributed by atoms with Crippen molar-refractivity contribution in [2.24, 2.45) is 7.05 Å². The van der Waals surface area contributed by atoms with Gasteiger partial charge in [-0.2, -0.15) is 5.10 Å². The van der Waals surface area contributed by atoms with Gasteiger partial charge in [0.15, 0.2) is 0 Å². The van der Waals surface area contributed by atoms with Crippen molar-refractivity contribution in [2.75, 3.05) is 0 Å². The molecule has 2 aromatic heterocycles. The van der Waals surface area contributed by atoms with E-state index in [2.05, 4.69) is 10.1 Å². The zero-order valence-electron chi connectivity index (χ0n) is 14.7. The van der Waals surface area contributed by atoms with E-state index >= 15 is 0 Å². The second-order valence-electron chi connectivity index (χ2n) is 6.02. The Bertz CT molecular complexity index is 1120. The summed E-state index contributed by atoms with van der Waals surface area (Å²) in [5, 5.41) is 4.53. The lowest BCUT2D eigenvalue weighted by Crippen LogP contribution is -2.19. The summed E-state index contributed by atoms with van der Waals surface area (Å²) in [4.78, 5) is 16.3. The molecule has 0 aliphatic carbocycles. The topological polar surface area (TPSA) is 57.0 Å². The molecule has 132 valence electrons. The molecule has 0 unspecified atom stereocenters. The van der Waals surface area contributed by atoms with Gasteiger partial charge in [0, 0.05) is 36.6 Å². The SMILES string of the molecule is Cn1nc(-c2ccccc2Oc2ccccc2)c(-c2ccncc2)cc1=O. The van der Waals surface area contributed by atoms with E-state index in [1.165, 1.54) is 4.68 Å². The van der Waals surface area contributed by atoms with E-state index in [1.54, 1.807) is 25.5 Å². The first-order valence-corrected chi connectivity index (χ1v) is 8.53. The van der Waals surface area contributed by atoms with Gasteiger partial charge in [-0.05, 0) is 42.0 Å². The molecular weight excluding hydrogens is 338 g/mol. The lowest BCUT2D eigenvalue weighted by Gasteiger charge is -2.14. The maximum atomic E-state index is 12.2. The average Bonchev–Trinajstić information content (AvgIpc) is 2.72. The van der Waals surface area contributed by atoms with Crippen LogP contribution in [0.15, 0.2) is 90.0 Å². The highest BCUT2D eigenvalue weighted by atomic mass is 16.5. The second kappa shape index (κ2) is 7.25. The van der Waals surface area contributed by atoms with Crippen LogP contribution in [0.2, 0.25) is 0 Å². The standard InChI is InChI=1S/C22H17N3O2/c1-25-21(26)15-19(16-11-13-23-14-12-16)22(24-25)18-9-5-6-10-20(18)27-17-7-3-2-4-8-17/h2-15H,1H3. The summed E-state index contributed by atoms with van der Waals surface area (Å²) in [5.74, 6) is 1.41. The van der Waals surface area contributed by atoms with Crippen LogP contribution < -0.4 is 10.3 Å². The molecule has 0 bridgehead atoms. The zero-order chi connectivity index (χ0) is 18.6. The highest BCUT2D eigenvalue weighted by Crippen LogP contribution is 2.36. The smallest absolute Gasteiger partial charge is 0.267 e. The van der Waals surface area contributed by atoms with Crippen molar-refractivity contribution in [1.29, 1.82) is 0 Å². The fourth-order valence-corrected chi connectivity index (χ4v) is 2.86. The Balaban J connectivity index is 1.90. The summed E-state index contributed by atoms with van der Waals surface area (Å²) in [6.45, 7) is 0. The van der Waals surface area contributed by atoms with Gasteiger partial charge in [0.05, 0.1) is 0 Å². The molecular formula is C22H17N3O2. The number of nitrogens with zero attached hydrogens (tertiary/aromatic N) is 3. The third-order valence-corrected chi connectivity index (χ3v) is 4.20. The minimum absolute atomic E-state index is 0.174. The van der Waals surface area contributed by atoms with E-state index in [0.29, 0.717) is 11.4 Å². The van der Waals surface area contributed by atoms with Crippen LogP contribution in [0.5, 0.6) is 11.5 Å². The third kappa shape index (κ3) is 3.48. The molecule has 5 nitrogen and oxygen atoms in total. The van der Waals surface area contributed by atoms with Crippen LogP contribution in [0, 0.1) is 0 Å². The first-order chi connectivity index (χ1) is 13.2. The van der Waals surface area contributed by atoms with Gasteiger partial charge in [-0.25, -0.2) is 4.68 Å². The number of hydrogen-bond acceptors (Lipinski definition) is 4. The fraction of sp³-hybridized carbons (Fsp3) is 0.0455. The van der Waals surface area contributed by atoms with Crippen molar-refractivity contribution in [3.8, 4) is 33.9 Å².